The molecule has 0 saturated carbocycles. The Balaban J connectivity index is 1.52. The number of thiazole rings is 1. The van der Waals surface area contributed by atoms with Gasteiger partial charge >= 0.3 is 6.03 Å². The number of carbonyl (C=O) groups is 1. The van der Waals surface area contributed by atoms with Crippen molar-refractivity contribution in [2.45, 2.75) is 18.9 Å². The van der Waals surface area contributed by atoms with Gasteiger partial charge in [-0.1, -0.05) is 23.7 Å². The van der Waals surface area contributed by atoms with Crippen LogP contribution >= 0.6 is 22.9 Å². The normalized spacial score (nSPS) is 16.5. The van der Waals surface area contributed by atoms with Gasteiger partial charge in [0.05, 0.1) is 22.4 Å². The molecule has 1 aromatic heterocycles. The first-order valence-corrected chi connectivity index (χ1v) is 9.91. The number of benzene rings is 2. The van der Waals surface area contributed by atoms with Gasteiger partial charge in [0, 0.05) is 17.5 Å². The van der Waals surface area contributed by atoms with Crippen LogP contribution in [0.15, 0.2) is 53.9 Å². The van der Waals surface area contributed by atoms with E-state index in [1.54, 1.807) is 29.2 Å². The van der Waals surface area contributed by atoms with Gasteiger partial charge < -0.3 is 10.2 Å². The van der Waals surface area contributed by atoms with Crippen molar-refractivity contribution in [2.24, 2.45) is 0 Å². The molecule has 0 aliphatic carbocycles. The van der Waals surface area contributed by atoms with Crippen LogP contribution in [0.5, 0.6) is 0 Å². The van der Waals surface area contributed by atoms with Crippen LogP contribution in [0.2, 0.25) is 5.02 Å². The Labute approximate surface area is 165 Å². The van der Waals surface area contributed by atoms with E-state index in [1.807, 2.05) is 17.5 Å². The summed E-state index contributed by atoms with van der Waals surface area (Å²) in [5.74, 6) is -0.271. The molecule has 1 aliphatic rings. The highest BCUT2D eigenvalue weighted by atomic mass is 35.5. The molecule has 27 heavy (non-hydrogen) atoms. The molecule has 4 rings (SSSR count). The third-order valence-corrected chi connectivity index (χ3v) is 5.85. The van der Waals surface area contributed by atoms with Gasteiger partial charge in [0.15, 0.2) is 0 Å². The number of nitrogens with one attached hydrogen (secondary N) is 1. The molecule has 138 valence electrons. The minimum atomic E-state index is -0.271. The number of rotatable bonds is 3. The molecule has 7 heteroatoms. The van der Waals surface area contributed by atoms with E-state index in [0.29, 0.717) is 17.3 Å². The number of urea groups is 1. The monoisotopic (exact) mass is 401 g/mol. The van der Waals surface area contributed by atoms with E-state index in [0.717, 1.165) is 29.1 Å². The molecule has 4 nitrogen and oxygen atoms in total. The highest BCUT2D eigenvalue weighted by Gasteiger charge is 2.32. The largest absolute Gasteiger partial charge is 0.322 e. The molecular formula is C20H17ClFN3OS. The molecule has 1 fully saturated rings. The zero-order valence-electron chi connectivity index (χ0n) is 14.4. The first kappa shape index (κ1) is 17.9. The average molecular weight is 402 g/mol. The Morgan fingerprint density at radius 1 is 1.22 bits per heavy atom. The van der Waals surface area contributed by atoms with Gasteiger partial charge in [-0.25, -0.2) is 14.2 Å². The number of carbonyl (C=O) groups excluding carboxylic acids is 1. The molecule has 0 radical (unpaired) electrons. The first-order valence-electron chi connectivity index (χ1n) is 8.65. The second-order valence-corrected chi connectivity index (χ2v) is 7.64. The van der Waals surface area contributed by atoms with Gasteiger partial charge in [0.25, 0.3) is 0 Å². The van der Waals surface area contributed by atoms with E-state index in [9.17, 15) is 9.18 Å². The van der Waals surface area contributed by atoms with Crippen molar-refractivity contribution in [1.82, 2.24) is 9.88 Å². The van der Waals surface area contributed by atoms with Gasteiger partial charge in [0.2, 0.25) is 0 Å². The molecule has 2 heterocycles. The highest BCUT2D eigenvalue weighted by molar-refractivity contribution is 7.10. The Kier molecular flexibility index (Phi) is 5.09. The quantitative estimate of drug-likeness (QED) is 0.587. The van der Waals surface area contributed by atoms with E-state index in [2.05, 4.69) is 5.32 Å². The summed E-state index contributed by atoms with van der Waals surface area (Å²) < 4.78 is 13.1. The van der Waals surface area contributed by atoms with Crippen molar-refractivity contribution in [3.05, 3.63) is 69.8 Å². The zero-order chi connectivity index (χ0) is 18.8. The number of hydrogen-bond acceptors (Lipinski definition) is 3. The summed E-state index contributed by atoms with van der Waals surface area (Å²) in [5.41, 5.74) is 2.26. The summed E-state index contributed by atoms with van der Waals surface area (Å²) >= 11 is 7.66. The lowest BCUT2D eigenvalue weighted by atomic mass is 10.2. The first-order chi connectivity index (χ1) is 13.1. The number of para-hydroxylation sites is 1. The molecule has 3 aromatic rings. The number of anilines is 1. The van der Waals surface area contributed by atoms with Crippen LogP contribution in [0.1, 0.15) is 23.9 Å². The topological polar surface area (TPSA) is 45.2 Å². The van der Waals surface area contributed by atoms with Crippen molar-refractivity contribution in [3.63, 3.8) is 0 Å². The van der Waals surface area contributed by atoms with Gasteiger partial charge in [-0.15, -0.1) is 11.3 Å². The van der Waals surface area contributed by atoms with E-state index in [-0.39, 0.29) is 17.9 Å². The summed E-state index contributed by atoms with van der Waals surface area (Å²) in [6, 6.07) is 13.2. The second kappa shape index (κ2) is 7.66. The minimum Gasteiger partial charge on any atom is -0.315 e. The van der Waals surface area contributed by atoms with Crippen molar-refractivity contribution in [1.29, 1.82) is 0 Å². The lowest BCUT2D eigenvalue weighted by molar-refractivity contribution is 0.207. The predicted molar refractivity (Wildman–Crippen MR) is 107 cm³/mol. The third-order valence-electron chi connectivity index (χ3n) is 4.58. The number of halogens is 2. The van der Waals surface area contributed by atoms with Gasteiger partial charge in [0.1, 0.15) is 10.8 Å². The maximum absolute atomic E-state index is 13.1. The zero-order valence-corrected chi connectivity index (χ0v) is 15.9. The standard InChI is InChI=1S/C20H17ClFN3OS/c21-15-4-1-2-5-16(15)24-20(26)25-11-3-6-18(25)19-23-17(12-27-19)13-7-9-14(22)10-8-13/h1-2,4-5,7-10,12,18H,3,6,11H2,(H,24,26)/t18-/m0/s1. The summed E-state index contributed by atoms with van der Waals surface area (Å²) in [6.07, 6.45) is 1.79. The summed E-state index contributed by atoms with van der Waals surface area (Å²) in [4.78, 5) is 19.3. The van der Waals surface area contributed by atoms with Gasteiger partial charge in [-0.3, -0.25) is 0 Å². The van der Waals surface area contributed by atoms with Crippen LogP contribution in [0.25, 0.3) is 11.3 Å². The fraction of sp³-hybridized carbons (Fsp3) is 0.200. The van der Waals surface area contributed by atoms with E-state index in [4.69, 9.17) is 16.6 Å². The Morgan fingerprint density at radius 3 is 2.78 bits per heavy atom. The van der Waals surface area contributed by atoms with Crippen LogP contribution < -0.4 is 5.32 Å². The molecule has 2 amide bonds. The Morgan fingerprint density at radius 2 is 2.00 bits per heavy atom. The molecule has 2 aromatic carbocycles. The Bertz CT molecular complexity index is 960. The predicted octanol–water partition coefficient (Wildman–Crippen LogP) is 5.97. The number of hydrogen-bond donors (Lipinski definition) is 1. The van der Waals surface area contributed by atoms with Crippen LogP contribution in [0, 0.1) is 5.82 Å². The Hall–Kier alpha value is -2.44. The minimum absolute atomic E-state index is 0.0633. The molecule has 1 aliphatic heterocycles. The third kappa shape index (κ3) is 3.82. The maximum atomic E-state index is 13.1. The van der Waals surface area contributed by atoms with E-state index in [1.165, 1.54) is 23.5 Å². The number of nitrogens with zero attached hydrogens (tertiary/aromatic N) is 2. The fourth-order valence-corrected chi connectivity index (χ4v) is 4.37. The van der Waals surface area contributed by atoms with Crippen LogP contribution in [-0.4, -0.2) is 22.5 Å². The van der Waals surface area contributed by atoms with Crippen LogP contribution in [0.4, 0.5) is 14.9 Å². The SMILES string of the molecule is O=C(Nc1ccccc1Cl)N1CCC[C@H]1c1nc(-c2ccc(F)cc2)cs1. The highest BCUT2D eigenvalue weighted by Crippen LogP contribution is 2.36. The van der Waals surface area contributed by atoms with Crippen molar-refractivity contribution < 1.29 is 9.18 Å². The summed E-state index contributed by atoms with van der Waals surface area (Å²) in [7, 11) is 0. The van der Waals surface area contributed by atoms with E-state index >= 15 is 0 Å². The second-order valence-electron chi connectivity index (χ2n) is 6.34. The molecule has 1 saturated heterocycles. The van der Waals surface area contributed by atoms with Gasteiger partial charge in [-0.2, -0.15) is 0 Å². The molecule has 0 bridgehead atoms. The smallest absolute Gasteiger partial charge is 0.315 e. The lowest BCUT2D eigenvalue weighted by Crippen LogP contribution is -2.34. The average Bonchev–Trinajstić information content (AvgIpc) is 3.33. The molecule has 1 atom stereocenters. The molecule has 0 unspecified atom stereocenters. The fourth-order valence-electron chi connectivity index (χ4n) is 3.21. The van der Waals surface area contributed by atoms with Crippen molar-refractivity contribution >= 4 is 34.7 Å². The molecule has 0 spiro atoms. The lowest BCUT2D eigenvalue weighted by Gasteiger charge is -2.23. The maximum Gasteiger partial charge on any atom is 0.322 e. The number of likely N-dealkylation sites (tertiary alicyclic amines) is 1. The summed E-state index contributed by atoms with van der Waals surface area (Å²) in [6.45, 7) is 0.673. The van der Waals surface area contributed by atoms with Crippen molar-refractivity contribution in [2.75, 3.05) is 11.9 Å². The van der Waals surface area contributed by atoms with Gasteiger partial charge in [-0.05, 0) is 49.2 Å². The van der Waals surface area contributed by atoms with E-state index < -0.39 is 0 Å². The van der Waals surface area contributed by atoms with Crippen LogP contribution in [-0.2, 0) is 0 Å². The number of aromatic nitrogens is 1. The number of amides is 2. The van der Waals surface area contributed by atoms with Crippen LogP contribution in [0.3, 0.4) is 0 Å². The summed E-state index contributed by atoms with van der Waals surface area (Å²) in [5, 5.41) is 6.23. The molecule has 1 N–H and O–H groups in total. The van der Waals surface area contributed by atoms with Crippen molar-refractivity contribution in [3.8, 4) is 11.3 Å². The molecular weight excluding hydrogens is 385 g/mol.